The molecule has 0 bridgehead atoms. The maximum atomic E-state index is 10.7. The molecule has 0 radical (unpaired) electrons. The maximum absolute atomic E-state index is 10.7. The molecule has 0 spiro atoms. The average molecular weight is 212 g/mol. The molecule has 2 aliphatic rings. The molecule has 2 heteroatoms. The predicted octanol–water partition coefficient (Wildman–Crippen LogP) is 2.74. The highest BCUT2D eigenvalue weighted by molar-refractivity contribution is 4.89. The lowest BCUT2D eigenvalue weighted by Gasteiger charge is -2.38. The summed E-state index contributed by atoms with van der Waals surface area (Å²) < 4.78 is 5.38. The van der Waals surface area contributed by atoms with Gasteiger partial charge in [-0.3, -0.25) is 0 Å². The molecular formula is C13H24O2. The fourth-order valence-electron chi connectivity index (χ4n) is 3.17. The molecule has 1 aliphatic carbocycles. The minimum Gasteiger partial charge on any atom is -0.390 e. The number of rotatable bonds is 1. The fraction of sp³-hybridized carbons (Fsp3) is 1.00. The molecule has 2 rings (SSSR count). The van der Waals surface area contributed by atoms with Gasteiger partial charge < -0.3 is 9.84 Å². The van der Waals surface area contributed by atoms with E-state index in [1.54, 1.807) is 0 Å². The Bertz CT molecular complexity index is 199. The lowest BCUT2D eigenvalue weighted by Crippen LogP contribution is -2.40. The van der Waals surface area contributed by atoms with E-state index in [0.29, 0.717) is 5.92 Å². The normalized spacial score (nSPS) is 40.0. The van der Waals surface area contributed by atoms with E-state index in [0.717, 1.165) is 44.8 Å². The van der Waals surface area contributed by atoms with Gasteiger partial charge in [0.25, 0.3) is 0 Å². The first kappa shape index (κ1) is 11.4. The monoisotopic (exact) mass is 212 g/mol. The minimum atomic E-state index is -0.367. The molecule has 1 N–H and O–H groups in total. The Balaban J connectivity index is 1.97. The van der Waals surface area contributed by atoms with Crippen LogP contribution in [0.25, 0.3) is 0 Å². The lowest BCUT2D eigenvalue weighted by atomic mass is 9.77. The second-order valence-corrected chi connectivity index (χ2v) is 5.53. The highest BCUT2D eigenvalue weighted by Gasteiger charge is 2.38. The van der Waals surface area contributed by atoms with E-state index in [-0.39, 0.29) is 5.60 Å². The van der Waals surface area contributed by atoms with Crippen LogP contribution >= 0.6 is 0 Å². The zero-order chi connectivity index (χ0) is 10.7. The molecule has 0 aromatic heterocycles. The summed E-state index contributed by atoms with van der Waals surface area (Å²) in [6.07, 6.45) is 7.85. The van der Waals surface area contributed by atoms with Crippen LogP contribution in [0.2, 0.25) is 0 Å². The van der Waals surface area contributed by atoms with Crippen LogP contribution in [-0.4, -0.2) is 23.9 Å². The molecule has 15 heavy (non-hydrogen) atoms. The number of hydrogen-bond donors (Lipinski definition) is 1. The summed E-state index contributed by atoms with van der Waals surface area (Å²) in [6.45, 7) is 4.01. The zero-order valence-electron chi connectivity index (χ0n) is 9.87. The lowest BCUT2D eigenvalue weighted by molar-refractivity contribution is -0.0748. The Morgan fingerprint density at radius 3 is 2.53 bits per heavy atom. The molecule has 2 fully saturated rings. The van der Waals surface area contributed by atoms with Gasteiger partial charge in [-0.25, -0.2) is 0 Å². The van der Waals surface area contributed by atoms with Crippen molar-refractivity contribution >= 4 is 0 Å². The van der Waals surface area contributed by atoms with Crippen molar-refractivity contribution in [2.45, 2.75) is 57.5 Å². The molecule has 2 nitrogen and oxygen atoms in total. The topological polar surface area (TPSA) is 29.5 Å². The molecular weight excluding hydrogens is 188 g/mol. The molecule has 0 aromatic carbocycles. The summed E-state index contributed by atoms with van der Waals surface area (Å²) in [4.78, 5) is 0. The molecule has 2 unspecified atom stereocenters. The van der Waals surface area contributed by atoms with Gasteiger partial charge in [-0.15, -0.1) is 0 Å². The first-order valence-corrected chi connectivity index (χ1v) is 6.51. The summed E-state index contributed by atoms with van der Waals surface area (Å²) in [5.41, 5.74) is -0.367. The van der Waals surface area contributed by atoms with E-state index in [1.165, 1.54) is 19.3 Å². The molecule has 1 saturated carbocycles. The Morgan fingerprint density at radius 1 is 1.07 bits per heavy atom. The Kier molecular flexibility index (Phi) is 3.68. The average Bonchev–Trinajstić information content (AvgIpc) is 2.44. The van der Waals surface area contributed by atoms with Gasteiger partial charge in [0, 0.05) is 13.2 Å². The molecule has 0 aromatic rings. The molecule has 2 atom stereocenters. The standard InChI is InChI=1S/C13H24O2/c1-11-3-2-7-13(14,8-4-11)12-5-9-15-10-6-12/h11-12,14H,2-10H2,1H3. The van der Waals surface area contributed by atoms with Crippen LogP contribution in [0.3, 0.4) is 0 Å². The minimum absolute atomic E-state index is 0.367. The van der Waals surface area contributed by atoms with Crippen LogP contribution in [0.1, 0.15) is 51.9 Å². The zero-order valence-corrected chi connectivity index (χ0v) is 9.87. The van der Waals surface area contributed by atoms with Gasteiger partial charge in [0.2, 0.25) is 0 Å². The summed E-state index contributed by atoms with van der Waals surface area (Å²) >= 11 is 0. The van der Waals surface area contributed by atoms with E-state index >= 15 is 0 Å². The van der Waals surface area contributed by atoms with Crippen molar-refractivity contribution in [1.29, 1.82) is 0 Å². The van der Waals surface area contributed by atoms with Gasteiger partial charge in [0.15, 0.2) is 0 Å². The second-order valence-electron chi connectivity index (χ2n) is 5.53. The van der Waals surface area contributed by atoms with Gasteiger partial charge >= 0.3 is 0 Å². The third-order valence-corrected chi connectivity index (χ3v) is 4.36. The highest BCUT2D eigenvalue weighted by atomic mass is 16.5. The number of hydrogen-bond acceptors (Lipinski definition) is 2. The summed E-state index contributed by atoms with van der Waals surface area (Å²) in [5, 5.41) is 10.7. The second kappa shape index (κ2) is 4.84. The van der Waals surface area contributed by atoms with Crippen LogP contribution < -0.4 is 0 Å². The summed E-state index contributed by atoms with van der Waals surface area (Å²) in [5.74, 6) is 1.30. The molecule has 88 valence electrons. The predicted molar refractivity (Wildman–Crippen MR) is 60.7 cm³/mol. The number of aliphatic hydroxyl groups is 1. The van der Waals surface area contributed by atoms with Crippen molar-refractivity contribution in [3.8, 4) is 0 Å². The van der Waals surface area contributed by atoms with Crippen LogP contribution in [0, 0.1) is 11.8 Å². The van der Waals surface area contributed by atoms with Gasteiger partial charge in [-0.1, -0.05) is 19.8 Å². The Hall–Kier alpha value is -0.0800. The molecule has 1 heterocycles. The van der Waals surface area contributed by atoms with Crippen molar-refractivity contribution in [2.75, 3.05) is 13.2 Å². The van der Waals surface area contributed by atoms with Crippen molar-refractivity contribution in [2.24, 2.45) is 11.8 Å². The highest BCUT2D eigenvalue weighted by Crippen LogP contribution is 2.39. The van der Waals surface area contributed by atoms with E-state index in [2.05, 4.69) is 6.92 Å². The van der Waals surface area contributed by atoms with E-state index in [9.17, 15) is 5.11 Å². The SMILES string of the molecule is CC1CCCC(O)(C2CCOCC2)CC1. The molecule has 1 saturated heterocycles. The largest absolute Gasteiger partial charge is 0.390 e. The van der Waals surface area contributed by atoms with Crippen molar-refractivity contribution in [1.82, 2.24) is 0 Å². The van der Waals surface area contributed by atoms with Crippen molar-refractivity contribution < 1.29 is 9.84 Å². The fourth-order valence-corrected chi connectivity index (χ4v) is 3.17. The smallest absolute Gasteiger partial charge is 0.0677 e. The first-order valence-electron chi connectivity index (χ1n) is 6.51. The molecule has 0 amide bonds. The summed E-state index contributed by atoms with van der Waals surface area (Å²) in [6, 6.07) is 0. The van der Waals surface area contributed by atoms with Crippen molar-refractivity contribution in [3.63, 3.8) is 0 Å². The first-order chi connectivity index (χ1) is 7.21. The third-order valence-electron chi connectivity index (χ3n) is 4.36. The van der Waals surface area contributed by atoms with Crippen LogP contribution in [0.15, 0.2) is 0 Å². The third kappa shape index (κ3) is 2.73. The van der Waals surface area contributed by atoms with E-state index in [4.69, 9.17) is 4.74 Å². The van der Waals surface area contributed by atoms with E-state index in [1.807, 2.05) is 0 Å². The van der Waals surface area contributed by atoms with Gasteiger partial charge in [0.1, 0.15) is 0 Å². The van der Waals surface area contributed by atoms with Crippen molar-refractivity contribution in [3.05, 3.63) is 0 Å². The quantitative estimate of drug-likeness (QED) is 0.677. The van der Waals surface area contributed by atoms with Gasteiger partial charge in [0.05, 0.1) is 5.60 Å². The van der Waals surface area contributed by atoms with E-state index < -0.39 is 0 Å². The van der Waals surface area contributed by atoms with Gasteiger partial charge in [-0.2, -0.15) is 0 Å². The van der Waals surface area contributed by atoms with Crippen LogP contribution in [-0.2, 0) is 4.74 Å². The van der Waals surface area contributed by atoms with Gasteiger partial charge in [-0.05, 0) is 43.9 Å². The maximum Gasteiger partial charge on any atom is 0.0677 e. The number of ether oxygens (including phenoxy) is 1. The van der Waals surface area contributed by atoms with Crippen LogP contribution in [0.5, 0.6) is 0 Å². The Morgan fingerprint density at radius 2 is 1.80 bits per heavy atom. The summed E-state index contributed by atoms with van der Waals surface area (Å²) in [7, 11) is 0. The molecule has 1 aliphatic heterocycles. The Labute approximate surface area is 93.0 Å². The van der Waals surface area contributed by atoms with Crippen LogP contribution in [0.4, 0.5) is 0 Å².